The predicted molar refractivity (Wildman–Crippen MR) is 105 cm³/mol. The van der Waals surface area contributed by atoms with Crippen molar-refractivity contribution < 1.29 is 14.0 Å². The molecule has 0 spiro atoms. The van der Waals surface area contributed by atoms with Gasteiger partial charge in [0, 0.05) is 51.4 Å². The lowest BCUT2D eigenvalue weighted by Gasteiger charge is -2.30. The van der Waals surface area contributed by atoms with Gasteiger partial charge in [0.05, 0.1) is 17.7 Å². The number of carbonyl (C=O) groups is 2. The van der Waals surface area contributed by atoms with Crippen molar-refractivity contribution >= 4 is 28.4 Å². The monoisotopic (exact) mass is 389 g/mol. The zero-order valence-electron chi connectivity index (χ0n) is 16.0. The molecule has 8 nitrogen and oxygen atoms in total. The Balaban J connectivity index is 2.05. The average Bonchev–Trinajstić information content (AvgIpc) is 2.72. The highest BCUT2D eigenvalue weighted by molar-refractivity contribution is 5.99. The molecule has 1 saturated heterocycles. The van der Waals surface area contributed by atoms with Gasteiger partial charge < -0.3 is 25.4 Å². The third-order valence-electron chi connectivity index (χ3n) is 4.88. The van der Waals surface area contributed by atoms with E-state index >= 15 is 0 Å². The number of piperazine rings is 1. The molecule has 1 aromatic heterocycles. The summed E-state index contributed by atoms with van der Waals surface area (Å²) in [5, 5.41) is 8.17. The number of fused-ring (bicyclic) bond motifs is 1. The van der Waals surface area contributed by atoms with Crippen LogP contribution in [0.5, 0.6) is 0 Å². The first-order valence-corrected chi connectivity index (χ1v) is 9.27. The van der Waals surface area contributed by atoms with Gasteiger partial charge in [-0.25, -0.2) is 4.39 Å². The van der Waals surface area contributed by atoms with Crippen molar-refractivity contribution in [1.29, 1.82) is 0 Å². The number of benzene rings is 1. The second-order valence-electron chi connectivity index (χ2n) is 6.57. The standard InChI is InChI=1S/C19H24FN5O3/c1-3-24-11-13(19(28)23-10-17(26)21-2)18(27)12-8-14(20)16(9-15(12)24)25-6-4-22-5-7-25/h8-9,11,22H,3-7,10H2,1-2H3,(H,21,26)(H,23,28). The van der Waals surface area contributed by atoms with Crippen LogP contribution in [0.3, 0.4) is 0 Å². The Morgan fingerprint density at radius 1 is 1.25 bits per heavy atom. The topological polar surface area (TPSA) is 95.5 Å². The van der Waals surface area contributed by atoms with Crippen LogP contribution in [0, 0.1) is 5.82 Å². The number of amides is 2. The summed E-state index contributed by atoms with van der Waals surface area (Å²) in [4.78, 5) is 38.5. The molecule has 2 heterocycles. The second-order valence-corrected chi connectivity index (χ2v) is 6.57. The quantitative estimate of drug-likeness (QED) is 0.672. The summed E-state index contributed by atoms with van der Waals surface area (Å²) >= 11 is 0. The zero-order valence-corrected chi connectivity index (χ0v) is 16.0. The molecule has 0 aliphatic carbocycles. The highest BCUT2D eigenvalue weighted by atomic mass is 19.1. The van der Waals surface area contributed by atoms with Crippen LogP contribution in [0.1, 0.15) is 17.3 Å². The highest BCUT2D eigenvalue weighted by Gasteiger charge is 2.20. The predicted octanol–water partition coefficient (Wildman–Crippen LogP) is 0.0459. The maximum absolute atomic E-state index is 14.8. The Labute approximate surface area is 161 Å². The summed E-state index contributed by atoms with van der Waals surface area (Å²) in [6.07, 6.45) is 1.46. The number of pyridine rings is 1. The van der Waals surface area contributed by atoms with Crippen molar-refractivity contribution in [2.75, 3.05) is 44.7 Å². The third kappa shape index (κ3) is 3.84. The van der Waals surface area contributed by atoms with Crippen LogP contribution in [-0.2, 0) is 11.3 Å². The molecule has 9 heteroatoms. The van der Waals surface area contributed by atoms with E-state index in [9.17, 15) is 18.8 Å². The van der Waals surface area contributed by atoms with E-state index in [-0.39, 0.29) is 23.4 Å². The smallest absolute Gasteiger partial charge is 0.257 e. The summed E-state index contributed by atoms with van der Waals surface area (Å²) in [5.74, 6) is -1.53. The molecule has 28 heavy (non-hydrogen) atoms. The van der Waals surface area contributed by atoms with E-state index < -0.39 is 17.2 Å². The lowest BCUT2D eigenvalue weighted by Crippen LogP contribution is -2.44. The molecule has 0 saturated carbocycles. The molecule has 1 aliphatic heterocycles. The average molecular weight is 389 g/mol. The fraction of sp³-hybridized carbons (Fsp3) is 0.421. The van der Waals surface area contributed by atoms with E-state index in [1.54, 1.807) is 10.6 Å². The molecule has 150 valence electrons. The summed E-state index contributed by atoms with van der Waals surface area (Å²) in [7, 11) is 1.45. The Bertz CT molecular complexity index is 966. The summed E-state index contributed by atoms with van der Waals surface area (Å²) < 4.78 is 16.5. The first-order chi connectivity index (χ1) is 13.5. The summed E-state index contributed by atoms with van der Waals surface area (Å²) in [6.45, 7) is 5.03. The van der Waals surface area contributed by atoms with E-state index in [0.29, 0.717) is 30.8 Å². The largest absolute Gasteiger partial charge is 0.367 e. The molecule has 0 atom stereocenters. The Kier molecular flexibility index (Phi) is 5.93. The third-order valence-corrected chi connectivity index (χ3v) is 4.88. The van der Waals surface area contributed by atoms with Gasteiger partial charge in [-0.1, -0.05) is 0 Å². The van der Waals surface area contributed by atoms with Crippen molar-refractivity contribution in [2.45, 2.75) is 13.5 Å². The van der Waals surface area contributed by atoms with Gasteiger partial charge in [0.1, 0.15) is 11.4 Å². The van der Waals surface area contributed by atoms with Crippen molar-refractivity contribution in [3.05, 3.63) is 39.9 Å². The normalized spacial score (nSPS) is 14.2. The van der Waals surface area contributed by atoms with Gasteiger partial charge in [0.15, 0.2) is 0 Å². The van der Waals surface area contributed by atoms with Crippen LogP contribution in [-0.4, -0.2) is 56.2 Å². The molecule has 0 radical (unpaired) electrons. The number of halogens is 1. The van der Waals surface area contributed by atoms with Crippen LogP contribution in [0.4, 0.5) is 10.1 Å². The minimum Gasteiger partial charge on any atom is -0.367 e. The van der Waals surface area contributed by atoms with Gasteiger partial charge in [-0.05, 0) is 19.1 Å². The van der Waals surface area contributed by atoms with E-state index in [4.69, 9.17) is 0 Å². The molecular weight excluding hydrogens is 365 g/mol. The van der Waals surface area contributed by atoms with Crippen LogP contribution in [0.25, 0.3) is 10.9 Å². The summed E-state index contributed by atoms with van der Waals surface area (Å²) in [5.41, 5.74) is 0.352. The van der Waals surface area contributed by atoms with Crippen LogP contribution >= 0.6 is 0 Å². The fourth-order valence-corrected chi connectivity index (χ4v) is 3.32. The molecule has 0 bridgehead atoms. The van der Waals surface area contributed by atoms with E-state index in [1.807, 2.05) is 11.8 Å². The minimum absolute atomic E-state index is 0.118. The lowest BCUT2D eigenvalue weighted by molar-refractivity contribution is -0.119. The van der Waals surface area contributed by atoms with Gasteiger partial charge >= 0.3 is 0 Å². The molecule has 2 amide bonds. The molecule has 3 rings (SSSR count). The Morgan fingerprint density at radius 3 is 2.61 bits per heavy atom. The Morgan fingerprint density at radius 2 is 1.96 bits per heavy atom. The summed E-state index contributed by atoms with van der Waals surface area (Å²) in [6, 6.07) is 2.88. The molecule has 1 aromatic carbocycles. The van der Waals surface area contributed by atoms with Gasteiger partial charge in [0.2, 0.25) is 11.3 Å². The molecular formula is C19H24FN5O3. The van der Waals surface area contributed by atoms with Gasteiger partial charge in [0.25, 0.3) is 5.91 Å². The molecule has 2 aromatic rings. The number of hydrogen-bond donors (Lipinski definition) is 3. The van der Waals surface area contributed by atoms with Gasteiger partial charge in [-0.2, -0.15) is 0 Å². The van der Waals surface area contributed by atoms with Crippen LogP contribution in [0.2, 0.25) is 0 Å². The molecule has 1 fully saturated rings. The van der Waals surface area contributed by atoms with Crippen LogP contribution in [0.15, 0.2) is 23.1 Å². The van der Waals surface area contributed by atoms with Crippen molar-refractivity contribution in [3.8, 4) is 0 Å². The van der Waals surface area contributed by atoms with Gasteiger partial charge in [-0.15, -0.1) is 0 Å². The minimum atomic E-state index is -0.663. The van der Waals surface area contributed by atoms with Gasteiger partial charge in [-0.3, -0.25) is 14.4 Å². The zero-order chi connectivity index (χ0) is 20.3. The number of rotatable bonds is 5. The lowest BCUT2D eigenvalue weighted by atomic mass is 10.1. The molecule has 3 N–H and O–H groups in total. The van der Waals surface area contributed by atoms with Crippen molar-refractivity contribution in [1.82, 2.24) is 20.5 Å². The first kappa shape index (κ1) is 19.8. The number of nitrogens with one attached hydrogen (secondary N) is 3. The van der Waals surface area contributed by atoms with E-state index in [0.717, 1.165) is 13.1 Å². The number of likely N-dealkylation sites (N-methyl/N-ethyl adjacent to an activating group) is 1. The molecule has 0 unspecified atom stereocenters. The van der Waals surface area contributed by atoms with Crippen molar-refractivity contribution in [2.24, 2.45) is 0 Å². The second kappa shape index (κ2) is 8.39. The SMILES string of the molecule is CCn1cc(C(=O)NCC(=O)NC)c(=O)c2cc(F)c(N3CCNCC3)cc21. The first-order valence-electron chi connectivity index (χ1n) is 9.27. The number of aromatic nitrogens is 1. The number of anilines is 1. The maximum atomic E-state index is 14.8. The number of hydrogen-bond acceptors (Lipinski definition) is 5. The highest BCUT2D eigenvalue weighted by Crippen LogP contribution is 2.25. The maximum Gasteiger partial charge on any atom is 0.257 e. The van der Waals surface area contributed by atoms with E-state index in [2.05, 4.69) is 16.0 Å². The number of carbonyl (C=O) groups excluding carboxylic acids is 2. The van der Waals surface area contributed by atoms with Crippen molar-refractivity contribution in [3.63, 3.8) is 0 Å². The molecule has 1 aliphatic rings. The number of aryl methyl sites for hydroxylation is 1. The Hall–Kier alpha value is -2.94. The van der Waals surface area contributed by atoms with Crippen LogP contribution < -0.4 is 26.3 Å². The van der Waals surface area contributed by atoms with E-state index in [1.165, 1.54) is 19.3 Å². The fourth-order valence-electron chi connectivity index (χ4n) is 3.32. The number of nitrogens with zero attached hydrogens (tertiary/aromatic N) is 2.